The summed E-state index contributed by atoms with van der Waals surface area (Å²) in [5.41, 5.74) is 5.30. The first-order valence-electron chi connectivity index (χ1n) is 5.40. The molecular weight excluding hydrogens is 226 g/mol. The Bertz CT molecular complexity index is 409. The highest BCUT2D eigenvalue weighted by molar-refractivity contribution is 5.94. The van der Waals surface area contributed by atoms with E-state index < -0.39 is 11.6 Å². The van der Waals surface area contributed by atoms with E-state index in [1.165, 1.54) is 7.05 Å². The Labute approximate surface area is 99.2 Å². The molecule has 0 radical (unpaired) electrons. The van der Waals surface area contributed by atoms with E-state index in [2.05, 4.69) is 0 Å². The summed E-state index contributed by atoms with van der Waals surface area (Å²) < 4.78 is 26.4. The maximum atomic E-state index is 13.4. The van der Waals surface area contributed by atoms with Gasteiger partial charge in [0.25, 0.3) is 0 Å². The Balaban J connectivity index is 2.92. The first-order chi connectivity index (χ1) is 7.97. The number of carbonyl (C=O) groups is 1. The minimum Gasteiger partial charge on any atom is -0.330 e. The predicted octanol–water partition coefficient (Wildman–Crippen LogP) is 1.91. The molecule has 1 atom stereocenters. The van der Waals surface area contributed by atoms with Crippen molar-refractivity contribution in [1.29, 1.82) is 0 Å². The molecule has 1 rings (SSSR count). The number of carbonyl (C=O) groups excluding carboxylic acids is 1. The molecule has 0 aliphatic rings. The van der Waals surface area contributed by atoms with E-state index in [1.807, 2.05) is 0 Å². The quantitative estimate of drug-likeness (QED) is 0.876. The van der Waals surface area contributed by atoms with Crippen LogP contribution in [0.5, 0.6) is 0 Å². The van der Waals surface area contributed by atoms with Crippen molar-refractivity contribution < 1.29 is 13.6 Å². The van der Waals surface area contributed by atoms with E-state index >= 15 is 0 Å². The molecule has 94 valence electrons. The van der Waals surface area contributed by atoms with Gasteiger partial charge in [-0.15, -0.1) is 0 Å². The van der Waals surface area contributed by atoms with Crippen molar-refractivity contribution in [2.45, 2.75) is 13.3 Å². The SMILES string of the molecule is CC(CCN)C(=O)N(C)c1cc(F)ccc1F. The van der Waals surface area contributed by atoms with Gasteiger partial charge in [0.2, 0.25) is 5.91 Å². The van der Waals surface area contributed by atoms with Crippen LogP contribution in [0.15, 0.2) is 18.2 Å². The molecule has 0 saturated carbocycles. The van der Waals surface area contributed by atoms with E-state index in [1.54, 1.807) is 6.92 Å². The number of amides is 1. The number of nitrogens with zero attached hydrogens (tertiary/aromatic N) is 1. The average molecular weight is 242 g/mol. The fourth-order valence-corrected chi connectivity index (χ4v) is 1.57. The van der Waals surface area contributed by atoms with Crippen LogP contribution in [-0.4, -0.2) is 19.5 Å². The number of hydrogen-bond acceptors (Lipinski definition) is 2. The lowest BCUT2D eigenvalue weighted by molar-refractivity contribution is -0.121. The summed E-state index contributed by atoms with van der Waals surface area (Å²) >= 11 is 0. The van der Waals surface area contributed by atoms with Crippen LogP contribution < -0.4 is 10.6 Å². The largest absolute Gasteiger partial charge is 0.330 e. The fourth-order valence-electron chi connectivity index (χ4n) is 1.57. The molecule has 17 heavy (non-hydrogen) atoms. The molecule has 0 aliphatic carbocycles. The standard InChI is InChI=1S/C12H16F2N2O/c1-8(5-6-15)12(17)16(2)11-7-9(13)3-4-10(11)14/h3-4,7-8H,5-6,15H2,1-2H3. The number of hydrogen-bond donors (Lipinski definition) is 1. The number of rotatable bonds is 4. The summed E-state index contributed by atoms with van der Waals surface area (Å²) in [6.45, 7) is 2.09. The predicted molar refractivity (Wildman–Crippen MR) is 62.6 cm³/mol. The molecule has 0 aromatic heterocycles. The van der Waals surface area contributed by atoms with Crippen LogP contribution in [0.4, 0.5) is 14.5 Å². The van der Waals surface area contributed by atoms with Crippen LogP contribution in [0.2, 0.25) is 0 Å². The van der Waals surface area contributed by atoms with Crippen molar-refractivity contribution in [1.82, 2.24) is 0 Å². The van der Waals surface area contributed by atoms with Crippen LogP contribution in [-0.2, 0) is 4.79 Å². The van der Waals surface area contributed by atoms with E-state index in [0.29, 0.717) is 13.0 Å². The zero-order valence-corrected chi connectivity index (χ0v) is 9.91. The van der Waals surface area contributed by atoms with Crippen LogP contribution >= 0.6 is 0 Å². The monoisotopic (exact) mass is 242 g/mol. The summed E-state index contributed by atoms with van der Waals surface area (Å²) in [6.07, 6.45) is 0.514. The topological polar surface area (TPSA) is 46.3 Å². The molecule has 1 aromatic rings. The van der Waals surface area contributed by atoms with Crippen LogP contribution in [0.25, 0.3) is 0 Å². The van der Waals surface area contributed by atoms with Crippen LogP contribution in [0.1, 0.15) is 13.3 Å². The summed E-state index contributed by atoms with van der Waals surface area (Å²) in [5, 5.41) is 0. The lowest BCUT2D eigenvalue weighted by Gasteiger charge is -2.21. The Hall–Kier alpha value is -1.49. The summed E-state index contributed by atoms with van der Waals surface area (Å²) in [6, 6.07) is 3.02. The Morgan fingerprint density at radius 1 is 1.47 bits per heavy atom. The van der Waals surface area contributed by atoms with E-state index in [4.69, 9.17) is 5.73 Å². The van der Waals surface area contributed by atoms with Gasteiger partial charge < -0.3 is 10.6 Å². The first kappa shape index (κ1) is 13.6. The van der Waals surface area contributed by atoms with Crippen molar-refractivity contribution in [3.05, 3.63) is 29.8 Å². The van der Waals surface area contributed by atoms with Gasteiger partial charge in [-0.3, -0.25) is 4.79 Å². The van der Waals surface area contributed by atoms with Crippen molar-refractivity contribution in [2.75, 3.05) is 18.5 Å². The van der Waals surface area contributed by atoms with Gasteiger partial charge in [-0.2, -0.15) is 0 Å². The fraction of sp³-hybridized carbons (Fsp3) is 0.417. The minimum atomic E-state index is -0.623. The molecule has 2 N–H and O–H groups in total. The molecule has 0 heterocycles. The second-order valence-electron chi connectivity index (χ2n) is 3.97. The number of anilines is 1. The number of halogens is 2. The number of benzene rings is 1. The van der Waals surface area contributed by atoms with Crippen LogP contribution in [0.3, 0.4) is 0 Å². The maximum absolute atomic E-state index is 13.4. The van der Waals surface area contributed by atoms with Gasteiger partial charge in [-0.25, -0.2) is 8.78 Å². The van der Waals surface area contributed by atoms with Gasteiger partial charge in [0.1, 0.15) is 11.6 Å². The summed E-state index contributed by atoms with van der Waals surface area (Å²) in [5.74, 6) is -1.79. The molecule has 0 bridgehead atoms. The third kappa shape index (κ3) is 3.23. The normalized spacial score (nSPS) is 12.3. The lowest BCUT2D eigenvalue weighted by atomic mass is 10.1. The van der Waals surface area contributed by atoms with Crippen molar-refractivity contribution in [2.24, 2.45) is 11.7 Å². The molecule has 1 unspecified atom stereocenters. The highest BCUT2D eigenvalue weighted by Gasteiger charge is 2.20. The molecule has 0 fully saturated rings. The first-order valence-corrected chi connectivity index (χ1v) is 5.40. The van der Waals surface area contributed by atoms with Crippen molar-refractivity contribution in [3.63, 3.8) is 0 Å². The van der Waals surface area contributed by atoms with Crippen molar-refractivity contribution in [3.8, 4) is 0 Å². The summed E-state index contributed by atoms with van der Waals surface area (Å²) in [4.78, 5) is 13.0. The van der Waals surface area contributed by atoms with E-state index in [0.717, 1.165) is 23.1 Å². The second kappa shape index (κ2) is 5.72. The smallest absolute Gasteiger partial charge is 0.229 e. The molecule has 0 aliphatic heterocycles. The van der Waals surface area contributed by atoms with E-state index in [9.17, 15) is 13.6 Å². The van der Waals surface area contributed by atoms with Gasteiger partial charge in [0.05, 0.1) is 5.69 Å². The van der Waals surface area contributed by atoms with Gasteiger partial charge in [-0.05, 0) is 25.1 Å². The average Bonchev–Trinajstić information content (AvgIpc) is 2.30. The Morgan fingerprint density at radius 3 is 2.71 bits per heavy atom. The Kier molecular flexibility index (Phi) is 4.57. The van der Waals surface area contributed by atoms with Crippen molar-refractivity contribution >= 4 is 11.6 Å². The van der Waals surface area contributed by atoms with E-state index in [-0.39, 0.29) is 17.5 Å². The molecule has 5 heteroatoms. The second-order valence-corrected chi connectivity index (χ2v) is 3.97. The van der Waals surface area contributed by atoms with Gasteiger partial charge in [0, 0.05) is 19.0 Å². The summed E-state index contributed by atoms with van der Waals surface area (Å²) in [7, 11) is 1.42. The van der Waals surface area contributed by atoms with Gasteiger partial charge in [0.15, 0.2) is 0 Å². The maximum Gasteiger partial charge on any atom is 0.229 e. The van der Waals surface area contributed by atoms with Crippen LogP contribution in [0, 0.1) is 17.6 Å². The molecule has 0 saturated heterocycles. The third-order valence-corrected chi connectivity index (χ3v) is 2.62. The molecule has 0 spiro atoms. The highest BCUT2D eigenvalue weighted by atomic mass is 19.1. The third-order valence-electron chi connectivity index (χ3n) is 2.62. The molecule has 1 amide bonds. The molecular formula is C12H16F2N2O. The zero-order chi connectivity index (χ0) is 13.0. The lowest BCUT2D eigenvalue weighted by Crippen LogP contribution is -2.33. The minimum absolute atomic E-state index is 0.0566. The highest BCUT2D eigenvalue weighted by Crippen LogP contribution is 2.21. The molecule has 3 nitrogen and oxygen atoms in total. The number of nitrogens with two attached hydrogens (primary N) is 1. The van der Waals surface area contributed by atoms with Gasteiger partial charge in [-0.1, -0.05) is 6.92 Å². The molecule has 1 aromatic carbocycles. The Morgan fingerprint density at radius 2 is 2.12 bits per heavy atom. The zero-order valence-electron chi connectivity index (χ0n) is 9.91. The van der Waals surface area contributed by atoms with Gasteiger partial charge >= 0.3 is 0 Å².